The summed E-state index contributed by atoms with van der Waals surface area (Å²) in [5, 5.41) is 0. The minimum Gasteiger partial charge on any atom is -0.327 e. The predicted molar refractivity (Wildman–Crippen MR) is 53.9 cm³/mol. The molecule has 0 aromatic heterocycles. The molecule has 68 valence electrons. The zero-order valence-corrected chi connectivity index (χ0v) is 8.35. The van der Waals surface area contributed by atoms with Gasteiger partial charge in [0.15, 0.2) is 0 Å². The molecule has 1 aliphatic carbocycles. The van der Waals surface area contributed by atoms with Crippen LogP contribution in [0.15, 0.2) is 23.3 Å². The van der Waals surface area contributed by atoms with Crippen LogP contribution in [0.25, 0.3) is 0 Å². The first-order valence-electron chi connectivity index (χ1n) is 4.63. The third-order valence-corrected chi connectivity index (χ3v) is 2.46. The molecular formula is C11H19N. The Morgan fingerprint density at radius 3 is 2.25 bits per heavy atom. The highest BCUT2D eigenvalue weighted by Crippen LogP contribution is 2.32. The molecule has 0 atom stereocenters. The average Bonchev–Trinajstić information content (AvgIpc) is 2.03. The summed E-state index contributed by atoms with van der Waals surface area (Å²) in [5.74, 6) is 0. The highest BCUT2D eigenvalue weighted by molar-refractivity contribution is 5.27. The second-order valence-electron chi connectivity index (χ2n) is 4.47. The molecule has 1 nitrogen and oxygen atoms in total. The van der Waals surface area contributed by atoms with E-state index in [4.69, 9.17) is 5.73 Å². The molecule has 0 bridgehead atoms. The molecule has 0 fully saturated rings. The SMILES string of the molecule is CC(C)(C)C1=CC=C(CN)CC1. The molecule has 0 aromatic rings. The minimum absolute atomic E-state index is 0.330. The first kappa shape index (κ1) is 9.53. The lowest BCUT2D eigenvalue weighted by Crippen LogP contribution is -2.13. The molecule has 0 heterocycles. The first-order chi connectivity index (χ1) is 5.54. The molecule has 0 radical (unpaired) electrons. The predicted octanol–water partition coefficient (Wildman–Crippen LogP) is 2.64. The van der Waals surface area contributed by atoms with Crippen LogP contribution in [0.4, 0.5) is 0 Å². The molecule has 1 heteroatoms. The summed E-state index contributed by atoms with van der Waals surface area (Å²) < 4.78 is 0. The summed E-state index contributed by atoms with van der Waals surface area (Å²) in [7, 11) is 0. The molecular weight excluding hydrogens is 146 g/mol. The van der Waals surface area contributed by atoms with Gasteiger partial charge in [-0.3, -0.25) is 0 Å². The van der Waals surface area contributed by atoms with Gasteiger partial charge in [0, 0.05) is 6.54 Å². The second-order valence-corrected chi connectivity index (χ2v) is 4.47. The Labute approximate surface area is 75.3 Å². The van der Waals surface area contributed by atoms with Crippen LogP contribution in [0.5, 0.6) is 0 Å². The van der Waals surface area contributed by atoms with E-state index in [0.717, 1.165) is 6.42 Å². The highest BCUT2D eigenvalue weighted by Gasteiger charge is 2.18. The molecule has 1 rings (SSSR count). The van der Waals surface area contributed by atoms with E-state index < -0.39 is 0 Å². The Hall–Kier alpha value is -0.560. The van der Waals surface area contributed by atoms with Gasteiger partial charge in [0.1, 0.15) is 0 Å². The van der Waals surface area contributed by atoms with Crippen molar-refractivity contribution in [2.24, 2.45) is 11.1 Å². The Morgan fingerprint density at radius 1 is 1.25 bits per heavy atom. The van der Waals surface area contributed by atoms with E-state index in [2.05, 4.69) is 32.9 Å². The molecule has 0 spiro atoms. The standard InChI is InChI=1S/C11H19N/c1-11(2,3)10-6-4-9(8-12)5-7-10/h4,6H,5,7-8,12H2,1-3H3. The fourth-order valence-electron chi connectivity index (χ4n) is 1.48. The van der Waals surface area contributed by atoms with Gasteiger partial charge in [0.2, 0.25) is 0 Å². The zero-order valence-electron chi connectivity index (χ0n) is 8.35. The van der Waals surface area contributed by atoms with Gasteiger partial charge in [0.05, 0.1) is 0 Å². The number of hydrogen-bond acceptors (Lipinski definition) is 1. The molecule has 2 N–H and O–H groups in total. The van der Waals surface area contributed by atoms with Gasteiger partial charge in [-0.25, -0.2) is 0 Å². The van der Waals surface area contributed by atoms with Gasteiger partial charge in [0.25, 0.3) is 0 Å². The molecule has 0 amide bonds. The van der Waals surface area contributed by atoms with Crippen molar-refractivity contribution in [1.29, 1.82) is 0 Å². The Morgan fingerprint density at radius 2 is 1.92 bits per heavy atom. The normalized spacial score (nSPS) is 18.7. The van der Waals surface area contributed by atoms with Crippen LogP contribution in [-0.4, -0.2) is 6.54 Å². The molecule has 12 heavy (non-hydrogen) atoms. The maximum atomic E-state index is 5.56. The number of nitrogens with two attached hydrogens (primary N) is 1. The van der Waals surface area contributed by atoms with E-state index >= 15 is 0 Å². The summed E-state index contributed by atoms with van der Waals surface area (Å²) in [6.45, 7) is 7.51. The number of allylic oxidation sites excluding steroid dienone is 3. The summed E-state index contributed by atoms with van der Waals surface area (Å²) in [5.41, 5.74) is 8.81. The minimum atomic E-state index is 0.330. The van der Waals surface area contributed by atoms with E-state index in [-0.39, 0.29) is 0 Å². The van der Waals surface area contributed by atoms with Crippen molar-refractivity contribution in [1.82, 2.24) is 0 Å². The topological polar surface area (TPSA) is 26.0 Å². The maximum absolute atomic E-state index is 5.56. The third-order valence-electron chi connectivity index (χ3n) is 2.46. The molecule has 0 saturated heterocycles. The van der Waals surface area contributed by atoms with E-state index in [1.54, 1.807) is 5.57 Å². The largest absolute Gasteiger partial charge is 0.327 e. The van der Waals surface area contributed by atoms with E-state index in [0.29, 0.717) is 12.0 Å². The van der Waals surface area contributed by atoms with Crippen LogP contribution >= 0.6 is 0 Å². The van der Waals surface area contributed by atoms with Crippen LogP contribution in [0.3, 0.4) is 0 Å². The van der Waals surface area contributed by atoms with Crippen molar-refractivity contribution in [3.63, 3.8) is 0 Å². The fraction of sp³-hybridized carbons (Fsp3) is 0.636. The van der Waals surface area contributed by atoms with Crippen LogP contribution in [-0.2, 0) is 0 Å². The van der Waals surface area contributed by atoms with E-state index in [1.165, 1.54) is 12.0 Å². The quantitative estimate of drug-likeness (QED) is 0.635. The zero-order chi connectivity index (χ0) is 9.19. The van der Waals surface area contributed by atoms with Crippen molar-refractivity contribution in [2.75, 3.05) is 6.54 Å². The Balaban J connectivity index is 2.73. The van der Waals surface area contributed by atoms with Gasteiger partial charge < -0.3 is 5.73 Å². The van der Waals surface area contributed by atoms with Crippen molar-refractivity contribution in [3.8, 4) is 0 Å². The van der Waals surface area contributed by atoms with Gasteiger partial charge in [-0.2, -0.15) is 0 Å². The molecule has 0 saturated carbocycles. The molecule has 1 aliphatic rings. The van der Waals surface area contributed by atoms with Crippen molar-refractivity contribution < 1.29 is 0 Å². The smallest absolute Gasteiger partial charge is 0.0140 e. The number of rotatable bonds is 1. The average molecular weight is 165 g/mol. The lowest BCUT2D eigenvalue weighted by atomic mass is 9.80. The lowest BCUT2D eigenvalue weighted by Gasteiger charge is -2.25. The molecule has 0 unspecified atom stereocenters. The van der Waals surface area contributed by atoms with Crippen LogP contribution in [0.2, 0.25) is 0 Å². The molecule has 0 aromatic carbocycles. The van der Waals surface area contributed by atoms with E-state index in [9.17, 15) is 0 Å². The lowest BCUT2D eigenvalue weighted by molar-refractivity contribution is 0.479. The summed E-state index contributed by atoms with van der Waals surface area (Å²) in [4.78, 5) is 0. The van der Waals surface area contributed by atoms with Gasteiger partial charge in [-0.05, 0) is 18.3 Å². The number of hydrogen-bond donors (Lipinski definition) is 1. The van der Waals surface area contributed by atoms with Crippen molar-refractivity contribution >= 4 is 0 Å². The van der Waals surface area contributed by atoms with Crippen molar-refractivity contribution in [3.05, 3.63) is 23.3 Å². The van der Waals surface area contributed by atoms with Crippen LogP contribution in [0, 0.1) is 5.41 Å². The summed E-state index contributed by atoms with van der Waals surface area (Å²) in [6, 6.07) is 0. The Bertz CT molecular complexity index is 216. The monoisotopic (exact) mass is 165 g/mol. The fourth-order valence-corrected chi connectivity index (χ4v) is 1.48. The summed E-state index contributed by atoms with van der Waals surface area (Å²) in [6.07, 6.45) is 6.77. The first-order valence-corrected chi connectivity index (χ1v) is 4.63. The van der Waals surface area contributed by atoms with Gasteiger partial charge in [-0.15, -0.1) is 0 Å². The Kier molecular flexibility index (Phi) is 2.73. The highest BCUT2D eigenvalue weighted by atomic mass is 14.5. The van der Waals surface area contributed by atoms with Gasteiger partial charge >= 0.3 is 0 Å². The van der Waals surface area contributed by atoms with E-state index in [1.807, 2.05) is 0 Å². The molecule has 0 aliphatic heterocycles. The third kappa shape index (κ3) is 2.21. The van der Waals surface area contributed by atoms with Crippen LogP contribution < -0.4 is 5.73 Å². The summed E-state index contributed by atoms with van der Waals surface area (Å²) >= 11 is 0. The van der Waals surface area contributed by atoms with Crippen LogP contribution in [0.1, 0.15) is 33.6 Å². The van der Waals surface area contributed by atoms with Crippen molar-refractivity contribution in [2.45, 2.75) is 33.6 Å². The van der Waals surface area contributed by atoms with Gasteiger partial charge in [-0.1, -0.05) is 44.1 Å². The second kappa shape index (κ2) is 3.44. The maximum Gasteiger partial charge on any atom is 0.0140 e.